The highest BCUT2D eigenvalue weighted by molar-refractivity contribution is 9.11. The van der Waals surface area contributed by atoms with Gasteiger partial charge >= 0.3 is 0 Å². The predicted octanol–water partition coefficient (Wildman–Crippen LogP) is 5.29. The topological polar surface area (TPSA) is 41.1 Å². The predicted molar refractivity (Wildman–Crippen MR) is 95.0 cm³/mol. The third kappa shape index (κ3) is 4.32. The summed E-state index contributed by atoms with van der Waals surface area (Å²) in [5.74, 6) is -0.128. The molecule has 5 heteroatoms. The summed E-state index contributed by atoms with van der Waals surface area (Å²) in [6.45, 7) is 2.93. The molecule has 2 rings (SSSR count). The molecule has 2 aromatic rings. The lowest BCUT2D eigenvalue weighted by Crippen LogP contribution is -2.15. The number of benzene rings is 2. The maximum absolute atomic E-state index is 12.5. The highest BCUT2D eigenvalue weighted by atomic mass is 79.9. The molecule has 0 spiro atoms. The lowest BCUT2D eigenvalue weighted by molar-refractivity contribution is 0.102. The molecule has 0 unspecified atom stereocenters. The van der Waals surface area contributed by atoms with Crippen molar-refractivity contribution in [3.05, 3.63) is 57.0 Å². The molecule has 2 N–H and O–H groups in total. The van der Waals surface area contributed by atoms with Gasteiger partial charge in [0.2, 0.25) is 0 Å². The third-order valence-corrected chi connectivity index (χ3v) is 4.07. The molecule has 0 radical (unpaired) electrons. The molecule has 0 fully saturated rings. The Morgan fingerprint density at radius 2 is 1.86 bits per heavy atom. The molecule has 0 bridgehead atoms. The Morgan fingerprint density at radius 3 is 2.57 bits per heavy atom. The fourth-order valence-corrected chi connectivity index (χ4v) is 3.02. The zero-order valence-electron chi connectivity index (χ0n) is 11.6. The largest absolute Gasteiger partial charge is 0.384 e. The molecule has 0 atom stereocenters. The molecular weight excluding hydrogens is 396 g/mol. The van der Waals surface area contributed by atoms with Gasteiger partial charge in [-0.05, 0) is 52.7 Å². The number of halogens is 2. The maximum atomic E-state index is 12.5. The Labute approximate surface area is 141 Å². The summed E-state index contributed by atoms with van der Waals surface area (Å²) in [5.41, 5.74) is 2.24. The minimum Gasteiger partial charge on any atom is -0.384 e. The molecule has 0 saturated carbocycles. The lowest BCUT2D eigenvalue weighted by Gasteiger charge is -2.12. The van der Waals surface area contributed by atoms with Crippen molar-refractivity contribution in [2.45, 2.75) is 13.3 Å². The van der Waals surface area contributed by atoms with Crippen molar-refractivity contribution in [2.75, 3.05) is 17.2 Å². The standard InChI is InChI=1S/C16H16Br2N2O/c1-2-9-19-14-6-4-3-5-12(14)16(21)20-15-8-7-11(17)10-13(15)18/h3-8,10,19H,2,9H2,1H3,(H,20,21). The van der Waals surface area contributed by atoms with E-state index in [2.05, 4.69) is 49.4 Å². The minimum atomic E-state index is -0.128. The molecule has 2 aromatic carbocycles. The molecule has 1 amide bonds. The highest BCUT2D eigenvalue weighted by Gasteiger charge is 2.12. The van der Waals surface area contributed by atoms with Crippen LogP contribution in [-0.4, -0.2) is 12.5 Å². The average molecular weight is 412 g/mol. The van der Waals surface area contributed by atoms with Crippen LogP contribution in [0.5, 0.6) is 0 Å². The Bertz CT molecular complexity index is 644. The van der Waals surface area contributed by atoms with E-state index in [1.807, 2.05) is 42.5 Å². The zero-order valence-corrected chi connectivity index (χ0v) is 14.8. The van der Waals surface area contributed by atoms with Crippen LogP contribution in [0.4, 0.5) is 11.4 Å². The number of hydrogen-bond donors (Lipinski definition) is 2. The van der Waals surface area contributed by atoms with Crippen LogP contribution in [0.3, 0.4) is 0 Å². The second-order valence-corrected chi connectivity index (χ2v) is 6.32. The van der Waals surface area contributed by atoms with E-state index in [4.69, 9.17) is 0 Å². The fraction of sp³-hybridized carbons (Fsp3) is 0.188. The first-order valence-corrected chi connectivity index (χ1v) is 8.29. The monoisotopic (exact) mass is 410 g/mol. The summed E-state index contributed by atoms with van der Waals surface area (Å²) in [4.78, 5) is 12.5. The first-order chi connectivity index (χ1) is 10.1. The average Bonchev–Trinajstić information content (AvgIpc) is 2.48. The van der Waals surface area contributed by atoms with E-state index in [9.17, 15) is 4.79 Å². The van der Waals surface area contributed by atoms with E-state index in [1.165, 1.54) is 0 Å². The SMILES string of the molecule is CCCNc1ccccc1C(=O)Nc1ccc(Br)cc1Br. The van der Waals surface area contributed by atoms with Gasteiger partial charge < -0.3 is 10.6 Å². The quantitative estimate of drug-likeness (QED) is 0.702. The molecule has 21 heavy (non-hydrogen) atoms. The molecule has 0 heterocycles. The van der Waals surface area contributed by atoms with Crippen LogP contribution in [0.2, 0.25) is 0 Å². The van der Waals surface area contributed by atoms with Gasteiger partial charge in [-0.25, -0.2) is 0 Å². The Balaban J connectivity index is 2.20. The van der Waals surface area contributed by atoms with Crippen LogP contribution in [-0.2, 0) is 0 Å². The van der Waals surface area contributed by atoms with Crippen LogP contribution < -0.4 is 10.6 Å². The van der Waals surface area contributed by atoms with E-state index < -0.39 is 0 Å². The van der Waals surface area contributed by atoms with E-state index in [-0.39, 0.29) is 5.91 Å². The van der Waals surface area contributed by atoms with Crippen LogP contribution >= 0.6 is 31.9 Å². The van der Waals surface area contributed by atoms with Gasteiger partial charge in [0.05, 0.1) is 11.3 Å². The number of carbonyl (C=O) groups excluding carboxylic acids is 1. The highest BCUT2D eigenvalue weighted by Crippen LogP contribution is 2.27. The van der Waals surface area contributed by atoms with Crippen molar-refractivity contribution < 1.29 is 4.79 Å². The molecular formula is C16H16Br2N2O. The van der Waals surface area contributed by atoms with E-state index in [1.54, 1.807) is 0 Å². The minimum absolute atomic E-state index is 0.128. The van der Waals surface area contributed by atoms with Crippen molar-refractivity contribution in [2.24, 2.45) is 0 Å². The second-order valence-electron chi connectivity index (χ2n) is 4.55. The van der Waals surface area contributed by atoms with Crippen LogP contribution in [0.15, 0.2) is 51.4 Å². The van der Waals surface area contributed by atoms with Gasteiger partial charge in [0.25, 0.3) is 5.91 Å². The summed E-state index contributed by atoms with van der Waals surface area (Å²) in [5, 5.41) is 6.20. The number of anilines is 2. The van der Waals surface area contributed by atoms with Gasteiger partial charge in [0.1, 0.15) is 0 Å². The van der Waals surface area contributed by atoms with E-state index in [0.717, 1.165) is 33.3 Å². The number of amides is 1. The van der Waals surface area contributed by atoms with E-state index in [0.29, 0.717) is 5.56 Å². The van der Waals surface area contributed by atoms with Crippen LogP contribution in [0.25, 0.3) is 0 Å². The number of para-hydroxylation sites is 1. The Kier molecular flexibility index (Phi) is 5.82. The van der Waals surface area contributed by atoms with Crippen molar-refractivity contribution in [3.8, 4) is 0 Å². The van der Waals surface area contributed by atoms with Gasteiger partial charge in [-0.3, -0.25) is 4.79 Å². The first kappa shape index (κ1) is 16.0. The molecule has 0 aliphatic heterocycles. The molecule has 110 valence electrons. The van der Waals surface area contributed by atoms with Gasteiger partial charge in [-0.2, -0.15) is 0 Å². The Morgan fingerprint density at radius 1 is 1.10 bits per heavy atom. The zero-order chi connectivity index (χ0) is 15.2. The van der Waals surface area contributed by atoms with Gasteiger partial charge in [-0.1, -0.05) is 35.0 Å². The van der Waals surface area contributed by atoms with Crippen molar-refractivity contribution >= 4 is 49.1 Å². The Hall–Kier alpha value is -1.33. The number of hydrogen-bond acceptors (Lipinski definition) is 2. The summed E-state index contributed by atoms with van der Waals surface area (Å²) in [7, 11) is 0. The number of nitrogens with one attached hydrogen (secondary N) is 2. The number of carbonyl (C=O) groups is 1. The van der Waals surface area contributed by atoms with Gasteiger partial charge in [0.15, 0.2) is 0 Å². The molecule has 0 aliphatic rings. The normalized spacial score (nSPS) is 10.2. The van der Waals surface area contributed by atoms with Gasteiger partial charge in [0, 0.05) is 21.2 Å². The second kappa shape index (κ2) is 7.61. The molecule has 0 aliphatic carbocycles. The summed E-state index contributed by atoms with van der Waals surface area (Å²) in [6, 6.07) is 13.2. The summed E-state index contributed by atoms with van der Waals surface area (Å²) in [6.07, 6.45) is 1.01. The van der Waals surface area contributed by atoms with Crippen molar-refractivity contribution in [3.63, 3.8) is 0 Å². The fourth-order valence-electron chi connectivity index (χ4n) is 1.88. The lowest BCUT2D eigenvalue weighted by atomic mass is 10.1. The summed E-state index contributed by atoms with van der Waals surface area (Å²) >= 11 is 6.84. The maximum Gasteiger partial charge on any atom is 0.257 e. The van der Waals surface area contributed by atoms with Gasteiger partial charge in [-0.15, -0.1) is 0 Å². The smallest absolute Gasteiger partial charge is 0.257 e. The molecule has 0 saturated heterocycles. The van der Waals surface area contributed by atoms with Crippen LogP contribution in [0.1, 0.15) is 23.7 Å². The van der Waals surface area contributed by atoms with Crippen LogP contribution in [0, 0.1) is 0 Å². The van der Waals surface area contributed by atoms with Crippen molar-refractivity contribution in [1.82, 2.24) is 0 Å². The summed E-state index contributed by atoms with van der Waals surface area (Å²) < 4.78 is 1.79. The first-order valence-electron chi connectivity index (χ1n) is 6.71. The van der Waals surface area contributed by atoms with E-state index >= 15 is 0 Å². The van der Waals surface area contributed by atoms with Crippen molar-refractivity contribution in [1.29, 1.82) is 0 Å². The number of rotatable bonds is 5. The molecule has 0 aromatic heterocycles. The third-order valence-electron chi connectivity index (χ3n) is 2.92. The molecule has 3 nitrogen and oxygen atoms in total.